The zero-order valence-electron chi connectivity index (χ0n) is 7.64. The van der Waals surface area contributed by atoms with Gasteiger partial charge in [0.05, 0.1) is 10.6 Å². The van der Waals surface area contributed by atoms with E-state index in [-0.39, 0.29) is 16.6 Å². The number of nitrogens with one attached hydrogen (secondary N) is 1. The Bertz CT molecular complexity index is 453. The van der Waals surface area contributed by atoms with Crippen LogP contribution < -0.4 is 10.5 Å². The van der Waals surface area contributed by atoms with E-state index in [4.69, 9.17) is 5.14 Å². The van der Waals surface area contributed by atoms with E-state index in [0.717, 1.165) is 0 Å². The molecule has 1 aromatic rings. The average molecular weight is 245 g/mol. The standard InChI is InChI=1S/C8H9N2O3S2/c9-15(12,13)7-3-1-6(2-4-7)10-8(11)5-14/h1-4H,5H2,(H,10,11)(H2,9,12,13). The molecule has 1 aromatic carbocycles. The molecule has 3 N–H and O–H groups in total. The van der Waals surface area contributed by atoms with Gasteiger partial charge in [-0.3, -0.25) is 4.79 Å². The summed E-state index contributed by atoms with van der Waals surface area (Å²) >= 11 is 4.53. The molecule has 15 heavy (non-hydrogen) atoms. The maximum absolute atomic E-state index is 10.9. The van der Waals surface area contributed by atoms with Gasteiger partial charge in [-0.2, -0.15) is 0 Å². The van der Waals surface area contributed by atoms with Crippen LogP contribution in [0.2, 0.25) is 0 Å². The van der Waals surface area contributed by atoms with Crippen LogP contribution in [0.15, 0.2) is 29.2 Å². The van der Waals surface area contributed by atoms with Crippen LogP contribution in [-0.4, -0.2) is 20.1 Å². The number of sulfonamides is 1. The van der Waals surface area contributed by atoms with Gasteiger partial charge in [-0.05, 0) is 24.3 Å². The number of benzene rings is 1. The fourth-order valence-corrected chi connectivity index (χ4v) is 1.51. The summed E-state index contributed by atoms with van der Waals surface area (Å²) in [5.41, 5.74) is 0.484. The van der Waals surface area contributed by atoms with E-state index in [1.807, 2.05) is 0 Å². The molecule has 0 aliphatic carbocycles. The summed E-state index contributed by atoms with van der Waals surface area (Å²) in [6.07, 6.45) is 0. The monoisotopic (exact) mass is 245 g/mol. The van der Waals surface area contributed by atoms with Crippen LogP contribution in [0.4, 0.5) is 5.69 Å². The van der Waals surface area contributed by atoms with Gasteiger partial charge >= 0.3 is 0 Å². The Labute approximate surface area is 93.1 Å². The molecule has 81 valence electrons. The molecule has 0 atom stereocenters. The molecule has 0 aliphatic rings. The molecule has 0 saturated carbocycles. The second-order valence-electron chi connectivity index (χ2n) is 2.76. The lowest BCUT2D eigenvalue weighted by molar-refractivity contribution is -0.113. The Hall–Kier alpha value is -1.05. The lowest BCUT2D eigenvalue weighted by Gasteiger charge is -2.03. The SMILES string of the molecule is NS(=O)(=O)c1ccc(NC(=O)C[S])cc1. The third kappa shape index (κ3) is 3.54. The van der Waals surface area contributed by atoms with Gasteiger partial charge in [0, 0.05) is 5.69 Å². The molecule has 1 amide bonds. The summed E-state index contributed by atoms with van der Waals surface area (Å²) in [4.78, 5) is 10.9. The van der Waals surface area contributed by atoms with Crippen molar-refractivity contribution in [3.05, 3.63) is 24.3 Å². The number of nitrogens with two attached hydrogens (primary N) is 1. The van der Waals surface area contributed by atoms with Crippen molar-refractivity contribution in [1.82, 2.24) is 0 Å². The molecule has 0 spiro atoms. The van der Waals surface area contributed by atoms with Gasteiger partial charge in [0.25, 0.3) is 0 Å². The van der Waals surface area contributed by atoms with Crippen molar-refractivity contribution in [2.75, 3.05) is 11.1 Å². The van der Waals surface area contributed by atoms with Gasteiger partial charge in [-0.1, -0.05) is 12.6 Å². The summed E-state index contributed by atoms with van der Waals surface area (Å²) in [6, 6.07) is 5.52. The number of anilines is 1. The predicted octanol–water partition coefficient (Wildman–Crippen LogP) is 0.470. The number of primary sulfonamides is 1. The Morgan fingerprint density at radius 2 is 1.87 bits per heavy atom. The molecule has 1 radical (unpaired) electrons. The van der Waals surface area contributed by atoms with Crippen LogP contribution in [0.1, 0.15) is 0 Å². The van der Waals surface area contributed by atoms with Crippen LogP contribution in [0.3, 0.4) is 0 Å². The van der Waals surface area contributed by atoms with E-state index in [2.05, 4.69) is 17.9 Å². The minimum atomic E-state index is -3.69. The van der Waals surface area contributed by atoms with Crippen molar-refractivity contribution >= 4 is 34.2 Å². The zero-order chi connectivity index (χ0) is 11.5. The summed E-state index contributed by atoms with van der Waals surface area (Å²) in [7, 11) is -3.69. The first kappa shape index (κ1) is 12.0. The number of rotatable bonds is 3. The van der Waals surface area contributed by atoms with Crippen molar-refractivity contribution < 1.29 is 13.2 Å². The third-order valence-corrected chi connectivity index (χ3v) is 2.79. The Morgan fingerprint density at radius 3 is 2.27 bits per heavy atom. The zero-order valence-corrected chi connectivity index (χ0v) is 9.27. The number of carbonyl (C=O) groups is 1. The Kier molecular flexibility index (Phi) is 3.72. The quantitative estimate of drug-likeness (QED) is 0.811. The largest absolute Gasteiger partial charge is 0.325 e. The second-order valence-corrected chi connectivity index (χ2v) is 4.61. The smallest absolute Gasteiger partial charge is 0.238 e. The second kappa shape index (κ2) is 4.65. The molecular weight excluding hydrogens is 236 g/mol. The van der Waals surface area contributed by atoms with E-state index in [1.54, 1.807) is 0 Å². The highest BCUT2D eigenvalue weighted by molar-refractivity contribution is 7.89. The third-order valence-electron chi connectivity index (χ3n) is 1.60. The number of carbonyl (C=O) groups excluding carboxylic acids is 1. The van der Waals surface area contributed by atoms with Crippen LogP contribution in [0, 0.1) is 0 Å². The van der Waals surface area contributed by atoms with Crippen molar-refractivity contribution in [3.63, 3.8) is 0 Å². The molecular formula is C8H9N2O3S2. The highest BCUT2D eigenvalue weighted by Crippen LogP contribution is 2.12. The van der Waals surface area contributed by atoms with Crippen LogP contribution in [-0.2, 0) is 14.8 Å². The molecule has 0 aromatic heterocycles. The Morgan fingerprint density at radius 1 is 1.33 bits per heavy atom. The molecule has 5 nitrogen and oxygen atoms in total. The molecule has 0 aliphatic heterocycles. The molecule has 0 bridgehead atoms. The summed E-state index contributed by atoms with van der Waals surface area (Å²) in [5.74, 6) is -0.356. The summed E-state index contributed by atoms with van der Waals surface area (Å²) in [5, 5.41) is 7.39. The van der Waals surface area contributed by atoms with Crippen molar-refractivity contribution in [2.24, 2.45) is 5.14 Å². The van der Waals surface area contributed by atoms with Gasteiger partial charge in [0.2, 0.25) is 15.9 Å². The first-order chi connectivity index (χ1) is 6.93. The van der Waals surface area contributed by atoms with Crippen molar-refractivity contribution in [3.8, 4) is 0 Å². The minimum absolute atomic E-state index is 0.00104. The highest BCUT2D eigenvalue weighted by atomic mass is 32.2. The van der Waals surface area contributed by atoms with Crippen LogP contribution in [0.25, 0.3) is 0 Å². The van der Waals surface area contributed by atoms with Gasteiger partial charge < -0.3 is 5.32 Å². The van der Waals surface area contributed by atoms with E-state index in [1.165, 1.54) is 24.3 Å². The fourth-order valence-electron chi connectivity index (χ4n) is 0.925. The van der Waals surface area contributed by atoms with Gasteiger partial charge in [0.15, 0.2) is 0 Å². The first-order valence-corrected chi connectivity index (χ1v) is 6.06. The average Bonchev–Trinajstić information content (AvgIpc) is 2.17. The van der Waals surface area contributed by atoms with E-state index in [9.17, 15) is 13.2 Å². The fraction of sp³-hybridized carbons (Fsp3) is 0.125. The maximum Gasteiger partial charge on any atom is 0.238 e. The topological polar surface area (TPSA) is 89.3 Å². The first-order valence-electron chi connectivity index (χ1n) is 3.94. The van der Waals surface area contributed by atoms with E-state index < -0.39 is 10.0 Å². The van der Waals surface area contributed by atoms with Crippen LogP contribution >= 0.6 is 12.6 Å². The van der Waals surface area contributed by atoms with Gasteiger partial charge in [0.1, 0.15) is 0 Å². The Balaban J connectivity index is 2.86. The minimum Gasteiger partial charge on any atom is -0.325 e. The molecule has 0 fully saturated rings. The number of amides is 1. The summed E-state index contributed by atoms with van der Waals surface area (Å²) in [6.45, 7) is 0. The molecule has 7 heteroatoms. The molecule has 0 saturated heterocycles. The summed E-state index contributed by atoms with van der Waals surface area (Å²) < 4.78 is 21.8. The lowest BCUT2D eigenvalue weighted by atomic mass is 10.3. The molecule has 0 heterocycles. The number of hydrogen-bond donors (Lipinski definition) is 2. The number of hydrogen-bond acceptors (Lipinski definition) is 3. The van der Waals surface area contributed by atoms with E-state index >= 15 is 0 Å². The maximum atomic E-state index is 10.9. The van der Waals surface area contributed by atoms with Gasteiger partial charge in [-0.25, -0.2) is 13.6 Å². The van der Waals surface area contributed by atoms with E-state index in [0.29, 0.717) is 5.69 Å². The van der Waals surface area contributed by atoms with Crippen LogP contribution in [0.5, 0.6) is 0 Å². The highest BCUT2D eigenvalue weighted by Gasteiger charge is 2.07. The normalized spacial score (nSPS) is 11.1. The van der Waals surface area contributed by atoms with Crippen molar-refractivity contribution in [2.45, 2.75) is 4.90 Å². The van der Waals surface area contributed by atoms with Gasteiger partial charge in [-0.15, -0.1) is 0 Å². The molecule has 0 unspecified atom stereocenters. The molecule has 1 rings (SSSR count). The van der Waals surface area contributed by atoms with Crippen molar-refractivity contribution in [1.29, 1.82) is 0 Å². The predicted molar refractivity (Wildman–Crippen MR) is 58.9 cm³/mol. The lowest BCUT2D eigenvalue weighted by Crippen LogP contribution is -2.14.